The Labute approximate surface area is 149 Å². The molecule has 2 heterocycles. The van der Waals surface area contributed by atoms with Crippen LogP contribution in [0, 0.1) is 20.8 Å². The molecular weight excluding hydrogens is 314 g/mol. The summed E-state index contributed by atoms with van der Waals surface area (Å²) in [6.07, 6.45) is 2.25. The molecular formula is C20H25N3O2. The number of ether oxygens (including phenoxy) is 1. The van der Waals surface area contributed by atoms with E-state index in [-0.39, 0.29) is 12.0 Å². The highest BCUT2D eigenvalue weighted by Crippen LogP contribution is 2.17. The first-order valence-corrected chi connectivity index (χ1v) is 8.82. The summed E-state index contributed by atoms with van der Waals surface area (Å²) in [5, 5.41) is 0. The summed E-state index contributed by atoms with van der Waals surface area (Å²) in [5.74, 6) is 0.153. The summed E-state index contributed by atoms with van der Waals surface area (Å²) in [6.45, 7) is 7.29. The van der Waals surface area contributed by atoms with Gasteiger partial charge in [-0.25, -0.2) is 9.97 Å². The van der Waals surface area contributed by atoms with Crippen LogP contribution in [0.1, 0.15) is 35.4 Å². The molecule has 1 saturated heterocycles. The van der Waals surface area contributed by atoms with Crippen LogP contribution < -0.4 is 4.74 Å². The Kier molecular flexibility index (Phi) is 5.31. The molecule has 1 fully saturated rings. The second kappa shape index (κ2) is 7.64. The molecule has 1 aliphatic rings. The highest BCUT2D eigenvalue weighted by Gasteiger charge is 2.25. The number of hydrogen-bond acceptors (Lipinski definition) is 4. The van der Waals surface area contributed by atoms with Crippen LogP contribution in [0.3, 0.4) is 0 Å². The molecule has 0 aliphatic carbocycles. The molecule has 1 atom stereocenters. The normalized spacial score (nSPS) is 17.4. The van der Waals surface area contributed by atoms with Crippen LogP contribution in [-0.4, -0.2) is 40.0 Å². The Balaban J connectivity index is 1.61. The van der Waals surface area contributed by atoms with Crippen molar-refractivity contribution in [1.82, 2.24) is 14.9 Å². The summed E-state index contributed by atoms with van der Waals surface area (Å²) < 4.78 is 5.95. The van der Waals surface area contributed by atoms with E-state index in [1.807, 2.05) is 49.9 Å². The zero-order valence-corrected chi connectivity index (χ0v) is 15.2. The first-order chi connectivity index (χ1) is 12.0. The van der Waals surface area contributed by atoms with Gasteiger partial charge in [-0.05, 0) is 45.2 Å². The molecule has 0 radical (unpaired) electrons. The van der Waals surface area contributed by atoms with Gasteiger partial charge in [0.05, 0.1) is 13.0 Å². The minimum atomic E-state index is -0.0450. The van der Waals surface area contributed by atoms with Gasteiger partial charge in [0.2, 0.25) is 5.91 Å². The number of nitrogens with zero attached hydrogens (tertiary/aromatic N) is 3. The van der Waals surface area contributed by atoms with Crippen molar-refractivity contribution in [3.63, 3.8) is 0 Å². The molecule has 3 rings (SSSR count). The lowest BCUT2D eigenvalue weighted by Gasteiger charge is -2.32. The van der Waals surface area contributed by atoms with Gasteiger partial charge < -0.3 is 9.64 Å². The fraction of sp³-hybridized carbons (Fsp3) is 0.450. The van der Waals surface area contributed by atoms with Crippen LogP contribution >= 0.6 is 0 Å². The Morgan fingerprint density at radius 3 is 2.68 bits per heavy atom. The van der Waals surface area contributed by atoms with E-state index in [9.17, 15) is 4.79 Å². The van der Waals surface area contributed by atoms with Crippen molar-refractivity contribution in [2.75, 3.05) is 13.1 Å². The number of carbonyl (C=O) groups is 1. The quantitative estimate of drug-likeness (QED) is 0.859. The highest BCUT2D eigenvalue weighted by molar-refractivity contribution is 5.79. The molecule has 25 heavy (non-hydrogen) atoms. The summed E-state index contributed by atoms with van der Waals surface area (Å²) in [4.78, 5) is 23.2. The van der Waals surface area contributed by atoms with E-state index in [4.69, 9.17) is 4.74 Å². The van der Waals surface area contributed by atoms with Crippen LogP contribution in [-0.2, 0) is 11.2 Å². The molecule has 1 unspecified atom stereocenters. The Morgan fingerprint density at radius 1 is 1.20 bits per heavy atom. The third kappa shape index (κ3) is 4.78. The van der Waals surface area contributed by atoms with Gasteiger partial charge in [-0.3, -0.25) is 4.79 Å². The fourth-order valence-electron chi connectivity index (χ4n) is 3.26. The summed E-state index contributed by atoms with van der Waals surface area (Å²) in [5.41, 5.74) is 4.03. The molecule has 132 valence electrons. The smallest absolute Gasteiger partial charge is 0.317 e. The number of hydrogen-bond donors (Lipinski definition) is 0. The average Bonchev–Trinajstić information content (AvgIpc) is 2.54. The third-order valence-electron chi connectivity index (χ3n) is 4.40. The molecule has 0 saturated carbocycles. The lowest BCUT2D eigenvalue weighted by atomic mass is 10.1. The molecule has 5 heteroatoms. The van der Waals surface area contributed by atoms with Crippen molar-refractivity contribution < 1.29 is 9.53 Å². The molecule has 5 nitrogen and oxygen atoms in total. The molecule has 1 aromatic carbocycles. The largest absolute Gasteiger partial charge is 0.458 e. The maximum absolute atomic E-state index is 12.6. The molecule has 2 aromatic rings. The van der Waals surface area contributed by atoms with Crippen LogP contribution in [0.5, 0.6) is 6.01 Å². The number of likely N-dealkylation sites (tertiary alicyclic amines) is 1. The maximum Gasteiger partial charge on any atom is 0.317 e. The van der Waals surface area contributed by atoms with E-state index >= 15 is 0 Å². The second-order valence-electron chi connectivity index (χ2n) is 6.82. The van der Waals surface area contributed by atoms with Crippen molar-refractivity contribution in [3.8, 4) is 6.01 Å². The molecule has 0 bridgehead atoms. The number of amides is 1. The van der Waals surface area contributed by atoms with E-state index in [0.29, 0.717) is 19.0 Å². The number of carbonyl (C=O) groups excluding carboxylic acids is 1. The van der Waals surface area contributed by atoms with E-state index < -0.39 is 0 Å². The molecule has 1 aliphatic heterocycles. The Bertz CT molecular complexity index is 740. The minimum absolute atomic E-state index is 0.0450. The van der Waals surface area contributed by atoms with Gasteiger partial charge in [0.15, 0.2) is 0 Å². The zero-order valence-electron chi connectivity index (χ0n) is 15.2. The lowest BCUT2D eigenvalue weighted by molar-refractivity contribution is -0.133. The molecule has 0 spiro atoms. The van der Waals surface area contributed by atoms with E-state index in [1.54, 1.807) is 0 Å². The standard InChI is InChI=1S/C20H25N3O2/c1-14-6-4-7-17(10-14)12-19(24)23-9-5-8-18(13-23)25-20-21-15(2)11-16(3)22-20/h4,6-7,10-11,18H,5,8-9,12-13H2,1-3H3. The first-order valence-electron chi connectivity index (χ1n) is 8.82. The van der Waals surface area contributed by atoms with Gasteiger partial charge in [-0.2, -0.15) is 0 Å². The molecule has 1 amide bonds. The van der Waals surface area contributed by atoms with E-state index in [1.165, 1.54) is 5.56 Å². The van der Waals surface area contributed by atoms with Gasteiger partial charge >= 0.3 is 6.01 Å². The van der Waals surface area contributed by atoms with Gasteiger partial charge in [0.25, 0.3) is 0 Å². The number of aromatic nitrogens is 2. The molecule has 1 aromatic heterocycles. The summed E-state index contributed by atoms with van der Waals surface area (Å²) in [7, 11) is 0. The number of rotatable bonds is 4. The number of aryl methyl sites for hydroxylation is 3. The van der Waals surface area contributed by atoms with Crippen LogP contribution in [0.4, 0.5) is 0 Å². The summed E-state index contributed by atoms with van der Waals surface area (Å²) >= 11 is 0. The van der Waals surface area contributed by atoms with Crippen molar-refractivity contribution in [1.29, 1.82) is 0 Å². The number of piperidine rings is 1. The monoisotopic (exact) mass is 339 g/mol. The topological polar surface area (TPSA) is 55.3 Å². The van der Waals surface area contributed by atoms with E-state index in [2.05, 4.69) is 16.0 Å². The third-order valence-corrected chi connectivity index (χ3v) is 4.40. The summed E-state index contributed by atoms with van der Waals surface area (Å²) in [6, 6.07) is 10.5. The Morgan fingerprint density at radius 2 is 1.96 bits per heavy atom. The SMILES string of the molecule is Cc1cccc(CC(=O)N2CCCC(Oc3nc(C)cc(C)n3)C2)c1. The fourth-order valence-corrected chi connectivity index (χ4v) is 3.26. The molecule has 0 N–H and O–H groups in total. The average molecular weight is 339 g/mol. The second-order valence-corrected chi connectivity index (χ2v) is 6.82. The van der Waals surface area contributed by atoms with Crippen molar-refractivity contribution in [2.24, 2.45) is 0 Å². The van der Waals surface area contributed by atoms with E-state index in [0.717, 1.165) is 36.3 Å². The predicted octanol–water partition coefficient (Wildman–Crippen LogP) is 3.01. The zero-order chi connectivity index (χ0) is 17.8. The van der Waals surface area contributed by atoms with Gasteiger partial charge in [0, 0.05) is 17.9 Å². The highest BCUT2D eigenvalue weighted by atomic mass is 16.5. The number of benzene rings is 1. The minimum Gasteiger partial charge on any atom is -0.458 e. The van der Waals surface area contributed by atoms with Gasteiger partial charge in [-0.15, -0.1) is 0 Å². The van der Waals surface area contributed by atoms with Gasteiger partial charge in [0.1, 0.15) is 6.10 Å². The van der Waals surface area contributed by atoms with Crippen LogP contribution in [0.2, 0.25) is 0 Å². The van der Waals surface area contributed by atoms with Crippen molar-refractivity contribution in [2.45, 2.75) is 46.1 Å². The van der Waals surface area contributed by atoms with Crippen LogP contribution in [0.25, 0.3) is 0 Å². The Hall–Kier alpha value is -2.43. The maximum atomic E-state index is 12.6. The predicted molar refractivity (Wildman–Crippen MR) is 96.6 cm³/mol. The first kappa shape index (κ1) is 17.4. The van der Waals surface area contributed by atoms with Gasteiger partial charge in [-0.1, -0.05) is 29.8 Å². The van der Waals surface area contributed by atoms with Crippen molar-refractivity contribution >= 4 is 5.91 Å². The van der Waals surface area contributed by atoms with Crippen LogP contribution in [0.15, 0.2) is 30.3 Å². The van der Waals surface area contributed by atoms with Crippen molar-refractivity contribution in [3.05, 3.63) is 52.8 Å². The lowest BCUT2D eigenvalue weighted by Crippen LogP contribution is -2.45.